The number of nitrogens with zero attached hydrogens (tertiary/aromatic N) is 1. The highest BCUT2D eigenvalue weighted by atomic mass is 33.1. The number of benzene rings is 1. The van der Waals surface area contributed by atoms with Crippen molar-refractivity contribution in [3.8, 4) is 17.4 Å². The van der Waals surface area contributed by atoms with Gasteiger partial charge < -0.3 is 80.4 Å². The number of hydrogen-bond donors (Lipinski definition) is 14. The van der Waals surface area contributed by atoms with Gasteiger partial charge in [-0.05, 0) is 65.3 Å². The van der Waals surface area contributed by atoms with Crippen molar-refractivity contribution in [3.63, 3.8) is 0 Å². The summed E-state index contributed by atoms with van der Waals surface area (Å²) >= 11 is 0. The van der Waals surface area contributed by atoms with Gasteiger partial charge in [0.2, 0.25) is 65.0 Å². The molecule has 9 atom stereocenters. The van der Waals surface area contributed by atoms with Gasteiger partial charge in [0.15, 0.2) is 0 Å². The van der Waals surface area contributed by atoms with Gasteiger partial charge in [0.25, 0.3) is 0 Å². The number of terminal acetylenes is 1. The normalized spacial score (nSPS) is 14.6. The van der Waals surface area contributed by atoms with Crippen molar-refractivity contribution >= 4 is 86.6 Å². The Hall–Kier alpha value is -6.67. The fourth-order valence-corrected chi connectivity index (χ4v) is 7.89. The summed E-state index contributed by atoms with van der Waals surface area (Å²) in [5.74, 6) is -11.1. The lowest BCUT2D eigenvalue weighted by Crippen LogP contribution is -2.61. The Balaban J connectivity index is 3.43. The molecule has 0 aliphatic rings. The number of rotatable bonds is 34. The Bertz CT molecular complexity index is 2130. The number of carbonyl (C=O) groups is 11. The molecule has 0 spiro atoms. The Morgan fingerprint density at radius 2 is 1.27 bits per heavy atom. The number of nitrogens with one attached hydrogen (secondary N) is 7. The number of primary amides is 3. The van der Waals surface area contributed by atoms with Crippen molar-refractivity contribution in [2.75, 3.05) is 32.0 Å². The van der Waals surface area contributed by atoms with Crippen molar-refractivity contribution in [1.82, 2.24) is 42.1 Å². The number of aromatic hydroxyl groups is 1. The van der Waals surface area contributed by atoms with Gasteiger partial charge >= 0.3 is 0 Å². The summed E-state index contributed by atoms with van der Waals surface area (Å²) in [5.41, 5.74) is 22.4. The van der Waals surface area contributed by atoms with E-state index in [1.165, 1.54) is 31.2 Å². The highest BCUT2D eigenvalue weighted by molar-refractivity contribution is 8.78. The lowest BCUT2D eigenvalue weighted by molar-refractivity contribution is -0.143. The molecule has 0 radical (unpaired) electrons. The molecule has 28 heteroatoms. The third-order valence-electron chi connectivity index (χ3n) is 10.8. The SMILES string of the molecule is C#CSSC[C@H](N)C(=O)N[C@@H](Cc1ccc(O)cc1)C(=O)N[C@H](C(=O)N[C@@H](CCC(N)=O)C(=O)N[C@@H](CC(N)=O)C(=O)NCC(=O)N(C[C@H](O)CO)[C@H](C)C(=O)N[C@@H](CC(C)C)C(=O)NCC(N)=O)[C@@H](C)CC. The molecule has 0 saturated carbocycles. The van der Waals surface area contributed by atoms with Crippen LogP contribution in [0.3, 0.4) is 0 Å². The van der Waals surface area contributed by atoms with Crippen molar-refractivity contribution < 1.29 is 68.1 Å². The van der Waals surface area contributed by atoms with E-state index in [1.54, 1.807) is 27.7 Å². The Morgan fingerprint density at radius 3 is 1.82 bits per heavy atom. The minimum absolute atomic E-state index is 0.0621. The van der Waals surface area contributed by atoms with Crippen molar-refractivity contribution in [2.24, 2.45) is 34.8 Å². The first-order valence-electron chi connectivity index (χ1n) is 23.0. The average molecular weight is 1070 g/mol. The van der Waals surface area contributed by atoms with Crippen LogP contribution in [0.15, 0.2) is 24.3 Å². The average Bonchev–Trinajstić information content (AvgIpc) is 3.33. The zero-order valence-electron chi connectivity index (χ0n) is 41.3. The third kappa shape index (κ3) is 24.5. The van der Waals surface area contributed by atoms with Gasteiger partial charge in [-0.25, -0.2) is 0 Å². The Labute approximate surface area is 430 Å². The predicted molar refractivity (Wildman–Crippen MR) is 269 cm³/mol. The van der Waals surface area contributed by atoms with Gasteiger partial charge in [0, 0.05) is 25.1 Å². The highest BCUT2D eigenvalue weighted by Crippen LogP contribution is 2.20. The van der Waals surface area contributed by atoms with Crippen LogP contribution in [0.5, 0.6) is 5.75 Å². The van der Waals surface area contributed by atoms with Crippen LogP contribution in [0.2, 0.25) is 0 Å². The minimum atomic E-state index is -1.83. The van der Waals surface area contributed by atoms with Gasteiger partial charge in [0.1, 0.15) is 42.0 Å². The summed E-state index contributed by atoms with van der Waals surface area (Å²) in [6, 6.07) is -4.22. The van der Waals surface area contributed by atoms with Crippen LogP contribution < -0.4 is 60.2 Å². The molecule has 18 N–H and O–H groups in total. The summed E-state index contributed by atoms with van der Waals surface area (Å²) in [6.07, 6.45) is 2.10. The topological polar surface area (TPSA) is 440 Å². The fraction of sp³-hybridized carbons (Fsp3) is 0.578. The lowest BCUT2D eigenvalue weighted by atomic mass is 9.96. The van der Waals surface area contributed by atoms with Crippen LogP contribution in [0.25, 0.3) is 0 Å². The maximum atomic E-state index is 14.1. The monoisotopic (exact) mass is 1070 g/mol. The molecule has 1 aromatic rings. The molecule has 0 aliphatic heterocycles. The van der Waals surface area contributed by atoms with E-state index in [4.69, 9.17) is 29.4 Å². The zero-order chi connectivity index (χ0) is 55.5. The van der Waals surface area contributed by atoms with E-state index in [9.17, 15) is 68.1 Å². The molecule has 0 saturated heterocycles. The second-order valence-corrected chi connectivity index (χ2v) is 19.5. The number of aliphatic hydroxyl groups excluding tert-OH is 2. The maximum Gasteiger partial charge on any atom is 0.243 e. The first kappa shape index (κ1) is 64.3. The molecule has 73 heavy (non-hydrogen) atoms. The van der Waals surface area contributed by atoms with Crippen molar-refractivity contribution in [2.45, 2.75) is 122 Å². The van der Waals surface area contributed by atoms with Gasteiger partial charge in [-0.2, -0.15) is 0 Å². The van der Waals surface area contributed by atoms with E-state index in [-0.39, 0.29) is 36.7 Å². The number of carbonyl (C=O) groups excluding carboxylic acids is 11. The predicted octanol–water partition coefficient (Wildman–Crippen LogP) is -4.82. The Kier molecular flexibility index (Phi) is 29.2. The van der Waals surface area contributed by atoms with E-state index in [0.717, 1.165) is 26.5 Å². The number of aliphatic hydroxyl groups is 2. The van der Waals surface area contributed by atoms with E-state index >= 15 is 0 Å². The minimum Gasteiger partial charge on any atom is -0.508 e. The van der Waals surface area contributed by atoms with Crippen LogP contribution in [0.4, 0.5) is 0 Å². The first-order chi connectivity index (χ1) is 34.2. The van der Waals surface area contributed by atoms with Crippen LogP contribution in [-0.2, 0) is 59.2 Å². The molecule has 0 fully saturated rings. The second kappa shape index (κ2) is 33.1. The third-order valence-corrected chi connectivity index (χ3v) is 12.6. The number of amides is 11. The Morgan fingerprint density at radius 1 is 0.712 bits per heavy atom. The summed E-state index contributed by atoms with van der Waals surface area (Å²) in [4.78, 5) is 145. The largest absolute Gasteiger partial charge is 0.508 e. The molecule has 0 heterocycles. The maximum absolute atomic E-state index is 14.1. The van der Waals surface area contributed by atoms with Crippen LogP contribution in [0.1, 0.15) is 72.3 Å². The van der Waals surface area contributed by atoms with Crippen LogP contribution in [-0.4, -0.2) is 166 Å². The molecule has 0 bridgehead atoms. The summed E-state index contributed by atoms with van der Waals surface area (Å²) in [6.45, 7) is 5.08. The standard InChI is InChI=1S/C45H70N12O14S2/c1-7-24(5)38(56-44(70)32(16-26-9-11-27(59)12-10-26)54-40(66)29(46)22-73-72-8-2)45(71)52-30(13-14-34(47)61)43(69)55-33(17-35(48)62)42(68)51-19-37(64)57(20-28(60)21-58)25(6)39(65)53-31(15-23(3)4)41(67)50-18-36(49)63/h2,9-12,23-25,28-33,38,58-60H,7,13-22,46H2,1,3-6H3,(H2,47,61)(H2,48,62)(H2,49,63)(H,50,67)(H,51,68)(H,52,71)(H,53,65)(H,54,66)(H,55,69)(H,56,70)/t24-,25+,28-,29-,30-,31-,32-,33-,38-/m0/s1. The van der Waals surface area contributed by atoms with Crippen LogP contribution >= 0.6 is 21.6 Å². The number of nitrogens with two attached hydrogens (primary N) is 4. The van der Waals surface area contributed by atoms with Gasteiger partial charge in [0.05, 0.1) is 38.3 Å². The molecule has 26 nitrogen and oxygen atoms in total. The van der Waals surface area contributed by atoms with Crippen molar-refractivity contribution in [3.05, 3.63) is 29.8 Å². The molecule has 1 rings (SSSR count). The van der Waals surface area contributed by atoms with Gasteiger partial charge in [-0.15, -0.1) is 6.42 Å². The van der Waals surface area contributed by atoms with E-state index in [2.05, 4.69) is 42.5 Å². The number of phenolic OH excluding ortho intramolecular Hbond substituents is 1. The molecular weight excluding hydrogens is 997 g/mol. The van der Waals surface area contributed by atoms with Crippen molar-refractivity contribution in [1.29, 1.82) is 0 Å². The quantitative estimate of drug-likeness (QED) is 0.0175. The fourth-order valence-electron chi connectivity index (χ4n) is 6.61. The van der Waals surface area contributed by atoms with Crippen LogP contribution in [0, 0.1) is 23.5 Å². The van der Waals surface area contributed by atoms with Gasteiger partial charge in [-0.3, -0.25) is 52.7 Å². The number of phenols is 1. The van der Waals surface area contributed by atoms with E-state index < -0.39 is 165 Å². The first-order valence-corrected chi connectivity index (χ1v) is 25.3. The smallest absolute Gasteiger partial charge is 0.243 e. The van der Waals surface area contributed by atoms with E-state index in [1.807, 2.05) is 0 Å². The second-order valence-electron chi connectivity index (χ2n) is 17.3. The summed E-state index contributed by atoms with van der Waals surface area (Å²) < 4.78 is 0. The summed E-state index contributed by atoms with van der Waals surface area (Å²) in [7, 11) is 2.15. The highest BCUT2D eigenvalue weighted by Gasteiger charge is 2.36. The molecule has 406 valence electrons. The lowest BCUT2D eigenvalue weighted by Gasteiger charge is -2.31. The van der Waals surface area contributed by atoms with Gasteiger partial charge in [-0.1, -0.05) is 57.0 Å². The molecular formula is C45H70N12O14S2. The number of hydrogen-bond acceptors (Lipinski definition) is 17. The molecule has 0 unspecified atom stereocenters. The van der Waals surface area contributed by atoms with E-state index in [0.29, 0.717) is 5.56 Å². The molecule has 0 aliphatic carbocycles. The summed E-state index contributed by atoms with van der Waals surface area (Å²) in [5, 5.41) is 48.9. The molecule has 11 amide bonds. The molecule has 0 aromatic heterocycles. The zero-order valence-corrected chi connectivity index (χ0v) is 43.0. The molecule has 1 aromatic carbocycles.